The lowest BCUT2D eigenvalue weighted by Gasteiger charge is -2.18. The first-order valence-corrected chi connectivity index (χ1v) is 9.34. The van der Waals surface area contributed by atoms with E-state index in [1.165, 1.54) is 13.8 Å². The highest BCUT2D eigenvalue weighted by molar-refractivity contribution is 5.98. The SMILES string of the molecule is CC(=O)Nc1ccc(NC(=O)C(Cc2c[nH]c3ccccc23)NC(C)=O)cc1C. The molecule has 0 aliphatic rings. The molecule has 0 saturated heterocycles. The molecule has 0 aliphatic carbocycles. The van der Waals surface area contributed by atoms with Crippen molar-refractivity contribution in [2.24, 2.45) is 0 Å². The quantitative estimate of drug-likeness (QED) is 0.518. The lowest BCUT2D eigenvalue weighted by atomic mass is 10.0. The Kier molecular flexibility index (Phi) is 5.97. The third-order valence-electron chi connectivity index (χ3n) is 4.60. The molecule has 1 unspecified atom stereocenters. The van der Waals surface area contributed by atoms with Gasteiger partial charge in [-0.05, 0) is 42.3 Å². The van der Waals surface area contributed by atoms with E-state index in [9.17, 15) is 14.4 Å². The second kappa shape index (κ2) is 8.60. The molecule has 7 heteroatoms. The molecule has 4 N–H and O–H groups in total. The van der Waals surface area contributed by atoms with Crippen LogP contribution >= 0.6 is 0 Å². The second-order valence-corrected chi connectivity index (χ2v) is 7.02. The summed E-state index contributed by atoms with van der Waals surface area (Å²) in [4.78, 5) is 39.0. The van der Waals surface area contributed by atoms with Crippen LogP contribution in [0.2, 0.25) is 0 Å². The lowest BCUT2D eigenvalue weighted by Crippen LogP contribution is -2.44. The van der Waals surface area contributed by atoms with Crippen molar-refractivity contribution in [2.45, 2.75) is 33.2 Å². The number of rotatable bonds is 6. The van der Waals surface area contributed by atoms with Crippen molar-refractivity contribution in [3.63, 3.8) is 0 Å². The highest BCUT2D eigenvalue weighted by Crippen LogP contribution is 2.22. The predicted octanol–water partition coefficient (Wildman–Crippen LogP) is 3.12. The van der Waals surface area contributed by atoms with Crippen LogP contribution in [0.25, 0.3) is 10.9 Å². The standard InChI is InChI=1S/C22H24N4O3/c1-13-10-17(8-9-19(13)24-14(2)27)26-22(29)21(25-15(3)28)11-16-12-23-20-7-5-4-6-18(16)20/h4-10,12,21,23H,11H2,1-3H3,(H,24,27)(H,25,28)(H,26,29). The Hall–Kier alpha value is -3.61. The number of fused-ring (bicyclic) bond motifs is 1. The van der Waals surface area contributed by atoms with E-state index >= 15 is 0 Å². The molecular weight excluding hydrogens is 368 g/mol. The number of benzene rings is 2. The summed E-state index contributed by atoms with van der Waals surface area (Å²) >= 11 is 0. The topological polar surface area (TPSA) is 103 Å². The molecule has 3 aromatic rings. The largest absolute Gasteiger partial charge is 0.361 e. The van der Waals surface area contributed by atoms with Gasteiger partial charge in [-0.25, -0.2) is 0 Å². The Balaban J connectivity index is 1.78. The van der Waals surface area contributed by atoms with Crippen molar-refractivity contribution < 1.29 is 14.4 Å². The van der Waals surface area contributed by atoms with E-state index in [0.717, 1.165) is 22.0 Å². The van der Waals surface area contributed by atoms with Gasteiger partial charge in [-0.1, -0.05) is 18.2 Å². The number of aromatic amines is 1. The van der Waals surface area contributed by atoms with Gasteiger partial charge in [0.2, 0.25) is 17.7 Å². The minimum atomic E-state index is -0.720. The molecule has 7 nitrogen and oxygen atoms in total. The number of nitrogens with one attached hydrogen (secondary N) is 4. The van der Waals surface area contributed by atoms with E-state index in [4.69, 9.17) is 0 Å². The first kappa shape index (κ1) is 20.1. The number of aromatic nitrogens is 1. The van der Waals surface area contributed by atoms with Crippen LogP contribution in [0, 0.1) is 6.92 Å². The van der Waals surface area contributed by atoms with Gasteiger partial charge in [-0.2, -0.15) is 0 Å². The molecule has 2 aromatic carbocycles. The van der Waals surface area contributed by atoms with Gasteiger partial charge in [-0.15, -0.1) is 0 Å². The van der Waals surface area contributed by atoms with Crippen molar-refractivity contribution in [1.82, 2.24) is 10.3 Å². The summed E-state index contributed by atoms with van der Waals surface area (Å²) in [5, 5.41) is 9.34. The second-order valence-electron chi connectivity index (χ2n) is 7.02. The van der Waals surface area contributed by atoms with Crippen LogP contribution in [0.3, 0.4) is 0 Å². The van der Waals surface area contributed by atoms with Crippen molar-refractivity contribution in [3.8, 4) is 0 Å². The van der Waals surface area contributed by atoms with Gasteiger partial charge in [0.05, 0.1) is 0 Å². The third-order valence-corrected chi connectivity index (χ3v) is 4.60. The van der Waals surface area contributed by atoms with E-state index in [2.05, 4.69) is 20.9 Å². The first-order valence-electron chi connectivity index (χ1n) is 9.34. The minimum absolute atomic E-state index is 0.158. The maximum Gasteiger partial charge on any atom is 0.247 e. The van der Waals surface area contributed by atoms with Crippen LogP contribution in [0.4, 0.5) is 11.4 Å². The maximum absolute atomic E-state index is 12.9. The fourth-order valence-electron chi connectivity index (χ4n) is 3.28. The molecule has 0 aliphatic heterocycles. The summed E-state index contributed by atoms with van der Waals surface area (Å²) < 4.78 is 0. The summed E-state index contributed by atoms with van der Waals surface area (Å²) in [7, 11) is 0. The maximum atomic E-state index is 12.9. The Bertz CT molecular complexity index is 1070. The molecule has 0 spiro atoms. The normalized spacial score (nSPS) is 11.7. The number of hydrogen-bond acceptors (Lipinski definition) is 3. The van der Waals surface area contributed by atoms with Gasteiger partial charge in [0.25, 0.3) is 0 Å². The monoisotopic (exact) mass is 392 g/mol. The van der Waals surface area contributed by atoms with Crippen LogP contribution in [0.1, 0.15) is 25.0 Å². The van der Waals surface area contributed by atoms with E-state index < -0.39 is 6.04 Å². The molecule has 1 heterocycles. The molecule has 0 radical (unpaired) electrons. The highest BCUT2D eigenvalue weighted by atomic mass is 16.2. The summed E-state index contributed by atoms with van der Waals surface area (Å²) in [6, 6.07) is 12.3. The zero-order chi connectivity index (χ0) is 21.0. The Morgan fingerprint density at radius 3 is 2.45 bits per heavy atom. The van der Waals surface area contributed by atoms with Crippen LogP contribution in [-0.2, 0) is 20.8 Å². The number of amides is 3. The number of carbonyl (C=O) groups is 3. The van der Waals surface area contributed by atoms with Crippen molar-refractivity contribution in [1.29, 1.82) is 0 Å². The van der Waals surface area contributed by atoms with Crippen molar-refractivity contribution in [2.75, 3.05) is 10.6 Å². The molecule has 3 amide bonds. The van der Waals surface area contributed by atoms with Crippen LogP contribution < -0.4 is 16.0 Å². The third kappa shape index (κ3) is 5.01. The molecule has 29 heavy (non-hydrogen) atoms. The molecule has 3 rings (SSSR count). The molecule has 1 atom stereocenters. The van der Waals surface area contributed by atoms with E-state index in [0.29, 0.717) is 17.8 Å². The lowest BCUT2D eigenvalue weighted by molar-refractivity contribution is -0.125. The number of H-pyrrole nitrogens is 1. The number of hydrogen-bond donors (Lipinski definition) is 4. The van der Waals surface area contributed by atoms with Gasteiger partial charge in [0, 0.05) is 48.7 Å². The van der Waals surface area contributed by atoms with Crippen molar-refractivity contribution in [3.05, 3.63) is 59.8 Å². The van der Waals surface area contributed by atoms with Crippen LogP contribution in [-0.4, -0.2) is 28.7 Å². The summed E-state index contributed by atoms with van der Waals surface area (Å²) in [5.74, 6) is -0.742. The number of aryl methyl sites for hydroxylation is 1. The van der Waals surface area contributed by atoms with Gasteiger partial charge in [-0.3, -0.25) is 14.4 Å². The average Bonchev–Trinajstić information content (AvgIpc) is 3.06. The van der Waals surface area contributed by atoms with Crippen LogP contribution in [0.15, 0.2) is 48.7 Å². The number of carbonyl (C=O) groups excluding carboxylic acids is 3. The zero-order valence-corrected chi connectivity index (χ0v) is 16.6. The van der Waals surface area contributed by atoms with E-state index in [1.54, 1.807) is 18.2 Å². The predicted molar refractivity (Wildman–Crippen MR) is 114 cm³/mol. The molecule has 0 fully saturated rings. The number of anilines is 2. The fraction of sp³-hybridized carbons (Fsp3) is 0.227. The summed E-state index contributed by atoms with van der Waals surface area (Å²) in [5.41, 5.74) is 4.04. The zero-order valence-electron chi connectivity index (χ0n) is 16.6. The van der Waals surface area contributed by atoms with E-state index in [-0.39, 0.29) is 17.7 Å². The summed E-state index contributed by atoms with van der Waals surface area (Å²) in [6.45, 7) is 4.68. The fourth-order valence-corrected chi connectivity index (χ4v) is 3.28. The molecule has 1 aromatic heterocycles. The van der Waals surface area contributed by atoms with Gasteiger partial charge < -0.3 is 20.9 Å². The van der Waals surface area contributed by atoms with Gasteiger partial charge >= 0.3 is 0 Å². The molecule has 150 valence electrons. The molecule has 0 bridgehead atoms. The minimum Gasteiger partial charge on any atom is -0.361 e. The Morgan fingerprint density at radius 2 is 1.76 bits per heavy atom. The van der Waals surface area contributed by atoms with Gasteiger partial charge in [0.15, 0.2) is 0 Å². The summed E-state index contributed by atoms with van der Waals surface area (Å²) in [6.07, 6.45) is 2.22. The highest BCUT2D eigenvalue weighted by Gasteiger charge is 2.22. The van der Waals surface area contributed by atoms with Crippen LogP contribution in [0.5, 0.6) is 0 Å². The molecule has 0 saturated carbocycles. The smallest absolute Gasteiger partial charge is 0.247 e. The van der Waals surface area contributed by atoms with Gasteiger partial charge in [0.1, 0.15) is 6.04 Å². The average molecular weight is 392 g/mol. The molecular formula is C22H24N4O3. The van der Waals surface area contributed by atoms with E-state index in [1.807, 2.05) is 37.4 Å². The first-order chi connectivity index (χ1) is 13.8. The Labute approximate surface area is 168 Å². The Morgan fingerprint density at radius 1 is 1.00 bits per heavy atom. The number of para-hydroxylation sites is 1. The van der Waals surface area contributed by atoms with Crippen molar-refractivity contribution >= 4 is 40.0 Å².